The Balaban J connectivity index is 1.48. The number of aryl methyl sites for hydroxylation is 2. The molecule has 2 aromatic heterocycles. The predicted octanol–water partition coefficient (Wildman–Crippen LogP) is 2.76. The van der Waals surface area contributed by atoms with E-state index >= 15 is 0 Å². The zero-order chi connectivity index (χ0) is 22.7. The molecule has 1 atom stereocenters. The van der Waals surface area contributed by atoms with Gasteiger partial charge >= 0.3 is 0 Å². The van der Waals surface area contributed by atoms with Gasteiger partial charge in [0.05, 0.1) is 16.8 Å². The van der Waals surface area contributed by atoms with Crippen LogP contribution in [0.15, 0.2) is 59.7 Å². The summed E-state index contributed by atoms with van der Waals surface area (Å²) in [5, 5.41) is 2.85. The number of likely N-dealkylation sites (tertiary alicyclic amines) is 1. The number of hydrogen-bond donors (Lipinski definition) is 1. The van der Waals surface area contributed by atoms with Gasteiger partial charge < -0.3 is 14.8 Å². The number of amides is 2. The van der Waals surface area contributed by atoms with Crippen molar-refractivity contribution in [3.8, 4) is 0 Å². The number of nitrogens with one attached hydrogen (secondary N) is 1. The van der Waals surface area contributed by atoms with E-state index < -0.39 is 0 Å². The molecule has 0 unspecified atom stereocenters. The standard InChI is InChI=1S/C24H25N5O3/c1-16-20(23(31)27-19-8-4-3-5-9-19)13-25-22(26-16)17-7-6-12-29(15-17)24(32)18-10-11-21(30)28(2)14-18/h3-5,8-11,13-14,17H,6-7,12,15H2,1-2H3,(H,27,31)/t17-/m0/s1. The number of piperidine rings is 1. The molecule has 3 heterocycles. The van der Waals surface area contributed by atoms with Gasteiger partial charge in [0.25, 0.3) is 11.8 Å². The molecule has 8 nitrogen and oxygen atoms in total. The van der Waals surface area contributed by atoms with Crippen LogP contribution in [-0.2, 0) is 7.05 Å². The number of hydrogen-bond acceptors (Lipinski definition) is 5. The molecule has 32 heavy (non-hydrogen) atoms. The van der Waals surface area contributed by atoms with Crippen LogP contribution in [0.5, 0.6) is 0 Å². The number of carbonyl (C=O) groups is 2. The first-order valence-electron chi connectivity index (χ1n) is 10.6. The van der Waals surface area contributed by atoms with Crippen molar-refractivity contribution in [2.24, 2.45) is 7.05 Å². The monoisotopic (exact) mass is 431 g/mol. The molecule has 3 aromatic rings. The van der Waals surface area contributed by atoms with Gasteiger partial charge in [0, 0.05) is 50.2 Å². The highest BCUT2D eigenvalue weighted by molar-refractivity contribution is 6.04. The second-order valence-electron chi connectivity index (χ2n) is 8.00. The highest BCUT2D eigenvalue weighted by Crippen LogP contribution is 2.26. The average molecular weight is 431 g/mol. The van der Waals surface area contributed by atoms with Crippen LogP contribution in [0.25, 0.3) is 0 Å². The van der Waals surface area contributed by atoms with Gasteiger partial charge in [-0.3, -0.25) is 14.4 Å². The Labute approximate surface area is 185 Å². The second kappa shape index (κ2) is 9.13. The highest BCUT2D eigenvalue weighted by atomic mass is 16.2. The zero-order valence-corrected chi connectivity index (χ0v) is 18.1. The smallest absolute Gasteiger partial charge is 0.259 e. The van der Waals surface area contributed by atoms with E-state index in [1.807, 2.05) is 30.3 Å². The summed E-state index contributed by atoms with van der Waals surface area (Å²) in [6.07, 6.45) is 4.83. The number of nitrogens with zero attached hydrogens (tertiary/aromatic N) is 4. The van der Waals surface area contributed by atoms with Crippen LogP contribution in [0.1, 0.15) is 51.0 Å². The maximum absolute atomic E-state index is 12.9. The summed E-state index contributed by atoms with van der Waals surface area (Å²) < 4.78 is 1.40. The fourth-order valence-electron chi connectivity index (χ4n) is 3.90. The molecule has 1 aliphatic rings. The average Bonchev–Trinajstić information content (AvgIpc) is 2.81. The van der Waals surface area contributed by atoms with Gasteiger partial charge in [-0.2, -0.15) is 0 Å². The molecule has 4 rings (SSSR count). The van der Waals surface area contributed by atoms with E-state index in [1.165, 1.54) is 10.6 Å². The third-order valence-electron chi connectivity index (χ3n) is 5.68. The Bertz CT molecular complexity index is 1210. The lowest BCUT2D eigenvalue weighted by molar-refractivity contribution is 0.0703. The van der Waals surface area contributed by atoms with Crippen LogP contribution in [0.4, 0.5) is 5.69 Å². The summed E-state index contributed by atoms with van der Waals surface area (Å²) in [5.41, 5.74) is 2.06. The Hall–Kier alpha value is -3.81. The Kier molecular flexibility index (Phi) is 6.11. The lowest BCUT2D eigenvalue weighted by Crippen LogP contribution is -2.40. The third kappa shape index (κ3) is 4.59. The second-order valence-corrected chi connectivity index (χ2v) is 8.00. The Morgan fingerprint density at radius 2 is 1.91 bits per heavy atom. The van der Waals surface area contributed by atoms with Crippen LogP contribution >= 0.6 is 0 Å². The number of anilines is 1. The summed E-state index contributed by atoms with van der Waals surface area (Å²) in [6.45, 7) is 2.94. The molecular weight excluding hydrogens is 406 g/mol. The molecule has 1 saturated heterocycles. The van der Waals surface area contributed by atoms with E-state index in [2.05, 4.69) is 15.3 Å². The SMILES string of the molecule is Cc1nc([C@H]2CCCN(C(=O)c3ccc(=O)n(C)c3)C2)ncc1C(=O)Nc1ccccc1. The van der Waals surface area contributed by atoms with Gasteiger partial charge in [0.15, 0.2) is 0 Å². The number of rotatable bonds is 4. The minimum atomic E-state index is -0.254. The molecule has 1 N–H and O–H groups in total. The van der Waals surface area contributed by atoms with Crippen molar-refractivity contribution in [2.75, 3.05) is 18.4 Å². The van der Waals surface area contributed by atoms with E-state index in [1.54, 1.807) is 37.3 Å². The highest BCUT2D eigenvalue weighted by Gasteiger charge is 2.28. The first-order chi connectivity index (χ1) is 15.4. The molecule has 0 spiro atoms. The third-order valence-corrected chi connectivity index (χ3v) is 5.68. The molecule has 1 aromatic carbocycles. The van der Waals surface area contributed by atoms with Crippen molar-refractivity contribution >= 4 is 17.5 Å². The fourth-order valence-corrected chi connectivity index (χ4v) is 3.90. The van der Waals surface area contributed by atoms with Crippen molar-refractivity contribution in [2.45, 2.75) is 25.7 Å². The predicted molar refractivity (Wildman–Crippen MR) is 121 cm³/mol. The Morgan fingerprint density at radius 3 is 2.62 bits per heavy atom. The first kappa shape index (κ1) is 21.4. The van der Waals surface area contributed by atoms with Crippen molar-refractivity contribution in [3.05, 3.63) is 87.9 Å². The van der Waals surface area contributed by atoms with Crippen LogP contribution in [0.2, 0.25) is 0 Å². The van der Waals surface area contributed by atoms with Crippen LogP contribution in [0, 0.1) is 6.92 Å². The van der Waals surface area contributed by atoms with Gasteiger partial charge in [-0.1, -0.05) is 18.2 Å². The van der Waals surface area contributed by atoms with Crippen molar-refractivity contribution in [1.29, 1.82) is 0 Å². The molecule has 8 heteroatoms. The summed E-state index contributed by atoms with van der Waals surface area (Å²) in [4.78, 5) is 48.0. The van der Waals surface area contributed by atoms with E-state index in [0.717, 1.165) is 12.8 Å². The van der Waals surface area contributed by atoms with E-state index in [4.69, 9.17) is 0 Å². The van der Waals surface area contributed by atoms with Gasteiger partial charge in [0.2, 0.25) is 5.56 Å². The topological polar surface area (TPSA) is 97.2 Å². The normalized spacial score (nSPS) is 15.9. The zero-order valence-electron chi connectivity index (χ0n) is 18.1. The Morgan fingerprint density at radius 1 is 1.12 bits per heavy atom. The molecule has 1 fully saturated rings. The van der Waals surface area contributed by atoms with Gasteiger partial charge in [-0.05, 0) is 38.0 Å². The van der Waals surface area contributed by atoms with Gasteiger partial charge in [0.1, 0.15) is 5.82 Å². The van der Waals surface area contributed by atoms with Crippen molar-refractivity contribution < 1.29 is 9.59 Å². The fraction of sp³-hybridized carbons (Fsp3) is 0.292. The van der Waals surface area contributed by atoms with Gasteiger partial charge in [-0.15, -0.1) is 0 Å². The van der Waals surface area contributed by atoms with Crippen LogP contribution < -0.4 is 10.9 Å². The minimum Gasteiger partial charge on any atom is -0.338 e. The summed E-state index contributed by atoms with van der Waals surface area (Å²) in [6, 6.07) is 12.2. The summed E-state index contributed by atoms with van der Waals surface area (Å²) in [7, 11) is 1.63. The lowest BCUT2D eigenvalue weighted by atomic mass is 9.96. The van der Waals surface area contributed by atoms with Crippen LogP contribution in [-0.4, -0.2) is 44.3 Å². The number of aromatic nitrogens is 3. The maximum Gasteiger partial charge on any atom is 0.259 e. The summed E-state index contributed by atoms with van der Waals surface area (Å²) >= 11 is 0. The largest absolute Gasteiger partial charge is 0.338 e. The van der Waals surface area contributed by atoms with Gasteiger partial charge in [-0.25, -0.2) is 9.97 Å². The molecule has 0 saturated carbocycles. The molecule has 164 valence electrons. The molecule has 0 aliphatic carbocycles. The van der Waals surface area contributed by atoms with Crippen molar-refractivity contribution in [1.82, 2.24) is 19.4 Å². The summed E-state index contributed by atoms with van der Waals surface area (Å²) in [5.74, 6) is 0.262. The maximum atomic E-state index is 12.9. The number of carbonyl (C=O) groups excluding carboxylic acids is 2. The molecule has 0 bridgehead atoms. The van der Waals surface area contributed by atoms with E-state index in [9.17, 15) is 14.4 Å². The first-order valence-corrected chi connectivity index (χ1v) is 10.6. The molecule has 2 amide bonds. The number of para-hydroxylation sites is 1. The van der Waals surface area contributed by atoms with E-state index in [-0.39, 0.29) is 23.3 Å². The minimum absolute atomic E-state index is 0.00911. The van der Waals surface area contributed by atoms with Crippen molar-refractivity contribution in [3.63, 3.8) is 0 Å². The number of benzene rings is 1. The molecule has 0 radical (unpaired) electrons. The number of pyridine rings is 1. The molecule has 1 aliphatic heterocycles. The van der Waals surface area contributed by atoms with Crippen LogP contribution in [0.3, 0.4) is 0 Å². The van der Waals surface area contributed by atoms with E-state index in [0.29, 0.717) is 41.4 Å². The quantitative estimate of drug-likeness (QED) is 0.685. The molecular formula is C24H25N5O3. The lowest BCUT2D eigenvalue weighted by Gasteiger charge is -2.32.